The van der Waals surface area contributed by atoms with Crippen LogP contribution in [0.25, 0.3) is 0 Å². The van der Waals surface area contributed by atoms with Gasteiger partial charge in [-0.2, -0.15) is 0 Å². The van der Waals surface area contributed by atoms with Crippen LogP contribution < -0.4 is 5.73 Å². The predicted molar refractivity (Wildman–Crippen MR) is 62.4 cm³/mol. The number of benzene rings is 1. The number of nitrogens with two attached hydrogens (primary N) is 1. The van der Waals surface area contributed by atoms with Crippen molar-refractivity contribution in [3.05, 3.63) is 34.6 Å². The Morgan fingerprint density at radius 3 is 2.47 bits per heavy atom. The molecule has 0 radical (unpaired) electrons. The Morgan fingerprint density at radius 1 is 1.33 bits per heavy atom. The van der Waals surface area contributed by atoms with Crippen molar-refractivity contribution in [2.75, 3.05) is 0 Å². The van der Waals surface area contributed by atoms with Crippen molar-refractivity contribution in [3.63, 3.8) is 0 Å². The molecule has 0 aliphatic heterocycles. The second kappa shape index (κ2) is 5.47. The fourth-order valence-electron chi connectivity index (χ4n) is 1.83. The molecular formula is C12H17ClFN. The minimum Gasteiger partial charge on any atom is -0.324 e. The average Bonchev–Trinajstić information content (AvgIpc) is 2.23. The van der Waals surface area contributed by atoms with Crippen LogP contribution >= 0.6 is 11.6 Å². The summed E-state index contributed by atoms with van der Waals surface area (Å²) in [4.78, 5) is 0. The molecule has 1 unspecified atom stereocenters. The number of hydrogen-bond donors (Lipinski definition) is 1. The van der Waals surface area contributed by atoms with E-state index in [1.54, 1.807) is 12.1 Å². The smallest absolute Gasteiger partial charge is 0.142 e. The monoisotopic (exact) mass is 229 g/mol. The van der Waals surface area contributed by atoms with E-state index in [2.05, 4.69) is 13.8 Å². The van der Waals surface area contributed by atoms with Crippen LogP contribution in [-0.2, 0) is 0 Å². The topological polar surface area (TPSA) is 26.0 Å². The number of halogens is 2. The van der Waals surface area contributed by atoms with Crippen LogP contribution in [0.2, 0.25) is 5.02 Å². The van der Waals surface area contributed by atoms with Crippen LogP contribution in [0.5, 0.6) is 0 Å². The molecule has 0 saturated heterocycles. The second-order valence-electron chi connectivity index (χ2n) is 3.75. The number of hydrogen-bond acceptors (Lipinski definition) is 1. The lowest BCUT2D eigenvalue weighted by molar-refractivity contribution is 0.404. The van der Waals surface area contributed by atoms with Crippen LogP contribution in [0.4, 0.5) is 4.39 Å². The van der Waals surface area contributed by atoms with E-state index in [0.717, 1.165) is 12.8 Å². The van der Waals surface area contributed by atoms with Crippen molar-refractivity contribution in [2.45, 2.75) is 32.7 Å². The fraction of sp³-hybridized carbons (Fsp3) is 0.500. The Morgan fingerprint density at radius 2 is 1.93 bits per heavy atom. The molecule has 0 amide bonds. The minimum absolute atomic E-state index is 0.164. The first-order chi connectivity index (χ1) is 7.11. The molecule has 1 aromatic carbocycles. The first kappa shape index (κ1) is 12.5. The van der Waals surface area contributed by atoms with Crippen LogP contribution in [0.3, 0.4) is 0 Å². The molecule has 2 N–H and O–H groups in total. The van der Waals surface area contributed by atoms with Crippen molar-refractivity contribution in [3.8, 4) is 0 Å². The molecule has 1 nitrogen and oxygen atoms in total. The zero-order valence-corrected chi connectivity index (χ0v) is 9.89. The first-order valence-corrected chi connectivity index (χ1v) is 5.69. The summed E-state index contributed by atoms with van der Waals surface area (Å²) < 4.78 is 13.2. The summed E-state index contributed by atoms with van der Waals surface area (Å²) in [5, 5.41) is 0.164. The van der Waals surface area contributed by atoms with Gasteiger partial charge in [0.2, 0.25) is 0 Å². The average molecular weight is 230 g/mol. The van der Waals surface area contributed by atoms with Gasteiger partial charge >= 0.3 is 0 Å². The fourth-order valence-corrected chi connectivity index (χ4v) is 2.08. The van der Waals surface area contributed by atoms with Crippen LogP contribution in [0.1, 0.15) is 38.3 Å². The highest BCUT2D eigenvalue weighted by molar-refractivity contribution is 6.31. The van der Waals surface area contributed by atoms with E-state index >= 15 is 0 Å². The largest absolute Gasteiger partial charge is 0.324 e. The minimum atomic E-state index is -0.393. The summed E-state index contributed by atoms with van der Waals surface area (Å²) >= 11 is 5.89. The van der Waals surface area contributed by atoms with E-state index in [-0.39, 0.29) is 11.1 Å². The number of rotatable bonds is 4. The molecular weight excluding hydrogens is 213 g/mol. The van der Waals surface area contributed by atoms with Gasteiger partial charge in [0, 0.05) is 6.04 Å². The van der Waals surface area contributed by atoms with Gasteiger partial charge in [-0.05, 0) is 17.5 Å². The molecule has 0 aromatic heterocycles. The van der Waals surface area contributed by atoms with Crippen molar-refractivity contribution < 1.29 is 4.39 Å². The second-order valence-corrected chi connectivity index (χ2v) is 4.12. The van der Waals surface area contributed by atoms with E-state index in [1.807, 2.05) is 0 Å². The highest BCUT2D eigenvalue weighted by Gasteiger charge is 2.19. The molecule has 84 valence electrons. The Bertz CT molecular complexity index is 323. The molecule has 1 aromatic rings. The van der Waals surface area contributed by atoms with E-state index in [0.29, 0.717) is 11.5 Å². The van der Waals surface area contributed by atoms with E-state index in [4.69, 9.17) is 17.3 Å². The molecule has 0 saturated carbocycles. The Hall–Kier alpha value is -0.600. The van der Waals surface area contributed by atoms with Gasteiger partial charge in [0.1, 0.15) is 5.82 Å². The third kappa shape index (κ3) is 2.70. The van der Waals surface area contributed by atoms with Gasteiger partial charge < -0.3 is 5.73 Å². The zero-order valence-electron chi connectivity index (χ0n) is 9.13. The van der Waals surface area contributed by atoms with E-state index < -0.39 is 5.82 Å². The lowest BCUT2D eigenvalue weighted by atomic mass is 9.89. The third-order valence-electron chi connectivity index (χ3n) is 2.90. The van der Waals surface area contributed by atoms with Gasteiger partial charge in [0.25, 0.3) is 0 Å². The van der Waals surface area contributed by atoms with Gasteiger partial charge in [-0.1, -0.05) is 50.4 Å². The lowest BCUT2D eigenvalue weighted by Crippen LogP contribution is -2.21. The molecule has 1 atom stereocenters. The van der Waals surface area contributed by atoms with Crippen LogP contribution in [0.15, 0.2) is 18.2 Å². The molecule has 0 fully saturated rings. The Balaban J connectivity index is 2.99. The van der Waals surface area contributed by atoms with Gasteiger partial charge in [-0.15, -0.1) is 0 Å². The standard InChI is InChI=1S/C12H17ClFN/c1-3-8(4-2)12(15)9-6-5-7-10(14)11(9)13/h5-8,12H,3-4,15H2,1-2H3. The van der Waals surface area contributed by atoms with Crippen LogP contribution in [-0.4, -0.2) is 0 Å². The predicted octanol–water partition coefficient (Wildman–Crippen LogP) is 3.92. The zero-order chi connectivity index (χ0) is 11.4. The molecule has 0 spiro atoms. The molecule has 3 heteroatoms. The molecule has 0 bridgehead atoms. The highest BCUT2D eigenvalue weighted by atomic mass is 35.5. The summed E-state index contributed by atoms with van der Waals surface area (Å²) in [5.74, 6) is -0.0418. The molecule has 0 aliphatic carbocycles. The quantitative estimate of drug-likeness (QED) is 0.832. The Kier molecular flexibility index (Phi) is 4.55. The summed E-state index contributed by atoms with van der Waals surface area (Å²) in [5.41, 5.74) is 6.79. The van der Waals surface area contributed by atoms with E-state index in [9.17, 15) is 4.39 Å². The molecule has 0 aliphatic rings. The summed E-state index contributed by atoms with van der Waals surface area (Å²) in [6, 6.07) is 4.63. The molecule has 1 rings (SSSR count). The summed E-state index contributed by atoms with van der Waals surface area (Å²) in [6.07, 6.45) is 1.95. The van der Waals surface area contributed by atoms with Crippen molar-refractivity contribution in [1.29, 1.82) is 0 Å². The van der Waals surface area contributed by atoms with E-state index in [1.165, 1.54) is 6.07 Å². The first-order valence-electron chi connectivity index (χ1n) is 5.31. The maximum atomic E-state index is 13.2. The van der Waals surface area contributed by atoms with Gasteiger partial charge in [0.05, 0.1) is 5.02 Å². The van der Waals surface area contributed by atoms with Gasteiger partial charge in [-0.3, -0.25) is 0 Å². The third-order valence-corrected chi connectivity index (χ3v) is 3.30. The lowest BCUT2D eigenvalue weighted by Gasteiger charge is -2.22. The van der Waals surface area contributed by atoms with Gasteiger partial charge in [0.15, 0.2) is 0 Å². The van der Waals surface area contributed by atoms with Crippen LogP contribution in [0, 0.1) is 11.7 Å². The van der Waals surface area contributed by atoms with Crippen molar-refractivity contribution >= 4 is 11.6 Å². The molecule has 15 heavy (non-hydrogen) atoms. The highest BCUT2D eigenvalue weighted by Crippen LogP contribution is 2.31. The van der Waals surface area contributed by atoms with Gasteiger partial charge in [-0.25, -0.2) is 4.39 Å². The maximum absolute atomic E-state index is 13.2. The van der Waals surface area contributed by atoms with Crippen molar-refractivity contribution in [1.82, 2.24) is 0 Å². The normalized spacial score (nSPS) is 13.2. The molecule has 0 heterocycles. The SMILES string of the molecule is CCC(CC)C(N)c1cccc(F)c1Cl. The summed E-state index contributed by atoms with van der Waals surface area (Å²) in [7, 11) is 0. The summed E-state index contributed by atoms with van der Waals surface area (Å²) in [6.45, 7) is 4.17. The maximum Gasteiger partial charge on any atom is 0.142 e. The van der Waals surface area contributed by atoms with Crippen molar-refractivity contribution in [2.24, 2.45) is 11.7 Å². The Labute approximate surface area is 95.4 Å².